The van der Waals surface area contributed by atoms with Gasteiger partial charge in [-0.2, -0.15) is 4.72 Å². The van der Waals surface area contributed by atoms with E-state index < -0.39 is 33.9 Å². The number of carbonyl (C=O) groups is 2. The molecule has 0 aliphatic carbocycles. The van der Waals surface area contributed by atoms with E-state index in [1.54, 1.807) is 44.2 Å². The molecule has 0 saturated carbocycles. The molecule has 0 radical (unpaired) electrons. The fourth-order valence-corrected chi connectivity index (χ4v) is 4.76. The number of halogens is 2. The van der Waals surface area contributed by atoms with E-state index in [2.05, 4.69) is 10.0 Å². The van der Waals surface area contributed by atoms with E-state index in [0.717, 1.165) is 0 Å². The standard InChI is InChI=1S/C20H23Cl2N3O5S/c1-12(2)18(20(27)24-28)23-19(26)17(8-13-6-4-3-5-7-13)25-31(29,30)16-10-14(21)9-15(22)11-16/h3-7,9-12,17-18,25,28H,8H2,1-2H3,(H,23,26)(H,24,27)/t17-,18-/m0/s1. The summed E-state index contributed by atoms with van der Waals surface area (Å²) in [7, 11) is -4.18. The lowest BCUT2D eigenvalue weighted by atomic mass is 10.0. The van der Waals surface area contributed by atoms with Crippen LogP contribution in [0.4, 0.5) is 0 Å². The summed E-state index contributed by atoms with van der Waals surface area (Å²) in [4.78, 5) is 24.7. The van der Waals surface area contributed by atoms with Gasteiger partial charge >= 0.3 is 0 Å². The van der Waals surface area contributed by atoms with Crippen LogP contribution in [0.2, 0.25) is 10.0 Å². The van der Waals surface area contributed by atoms with Gasteiger partial charge in [-0.15, -0.1) is 0 Å². The first kappa shape index (κ1) is 25.1. The van der Waals surface area contributed by atoms with Crippen LogP contribution in [-0.4, -0.2) is 37.5 Å². The second-order valence-corrected chi connectivity index (χ2v) is 9.76. The Morgan fingerprint density at radius 1 is 1.00 bits per heavy atom. The Bertz CT molecular complexity index is 1010. The van der Waals surface area contributed by atoms with E-state index >= 15 is 0 Å². The summed E-state index contributed by atoms with van der Waals surface area (Å²) >= 11 is 11.8. The lowest BCUT2D eigenvalue weighted by Gasteiger charge is -2.24. The Labute approximate surface area is 190 Å². The fraction of sp³-hybridized carbons (Fsp3) is 0.300. The number of nitrogens with one attached hydrogen (secondary N) is 3. The minimum atomic E-state index is -4.18. The Morgan fingerprint density at radius 2 is 1.58 bits per heavy atom. The number of hydrogen-bond acceptors (Lipinski definition) is 5. The molecule has 0 aromatic heterocycles. The molecule has 8 nitrogen and oxygen atoms in total. The predicted molar refractivity (Wildman–Crippen MR) is 117 cm³/mol. The molecule has 2 rings (SSSR count). The second-order valence-electron chi connectivity index (χ2n) is 7.18. The smallest absolute Gasteiger partial charge is 0.266 e. The van der Waals surface area contributed by atoms with Gasteiger partial charge in [-0.3, -0.25) is 14.8 Å². The highest BCUT2D eigenvalue weighted by atomic mass is 35.5. The molecule has 0 aliphatic heterocycles. The maximum absolute atomic E-state index is 13.0. The maximum atomic E-state index is 13.0. The van der Waals surface area contributed by atoms with Crippen LogP contribution in [0.25, 0.3) is 0 Å². The van der Waals surface area contributed by atoms with Gasteiger partial charge in [0.25, 0.3) is 5.91 Å². The predicted octanol–water partition coefficient (Wildman–Crippen LogP) is 2.53. The minimum absolute atomic E-state index is 0.0196. The van der Waals surface area contributed by atoms with E-state index in [0.29, 0.717) is 5.56 Å². The molecule has 4 N–H and O–H groups in total. The van der Waals surface area contributed by atoms with Crippen molar-refractivity contribution < 1.29 is 23.2 Å². The largest absolute Gasteiger partial charge is 0.343 e. The Morgan fingerprint density at radius 3 is 2.10 bits per heavy atom. The molecule has 0 aliphatic rings. The summed E-state index contributed by atoms with van der Waals surface area (Å²) in [6, 6.07) is 10.3. The number of hydrogen-bond donors (Lipinski definition) is 4. The van der Waals surface area contributed by atoms with Gasteiger partial charge in [0, 0.05) is 10.0 Å². The van der Waals surface area contributed by atoms with E-state index in [-0.39, 0.29) is 27.3 Å². The molecule has 0 unspecified atom stereocenters. The van der Waals surface area contributed by atoms with Gasteiger partial charge in [-0.1, -0.05) is 67.4 Å². The topological polar surface area (TPSA) is 125 Å². The molecule has 168 valence electrons. The maximum Gasteiger partial charge on any atom is 0.266 e. The molecule has 2 aromatic rings. The molecule has 0 spiro atoms. The van der Waals surface area contributed by atoms with E-state index in [9.17, 15) is 18.0 Å². The minimum Gasteiger partial charge on any atom is -0.343 e. The average Bonchev–Trinajstić information content (AvgIpc) is 2.70. The van der Waals surface area contributed by atoms with Gasteiger partial charge in [0.05, 0.1) is 4.90 Å². The molecule has 0 saturated heterocycles. The molecular weight excluding hydrogens is 465 g/mol. The normalized spacial score (nSPS) is 13.5. The van der Waals surface area contributed by atoms with Crippen molar-refractivity contribution in [2.45, 2.75) is 37.2 Å². The lowest BCUT2D eigenvalue weighted by Crippen LogP contribution is -2.55. The molecule has 2 amide bonds. The monoisotopic (exact) mass is 487 g/mol. The highest BCUT2D eigenvalue weighted by Gasteiger charge is 2.31. The van der Waals surface area contributed by atoms with Crippen LogP contribution < -0.4 is 15.5 Å². The van der Waals surface area contributed by atoms with Gasteiger partial charge in [-0.05, 0) is 36.1 Å². The van der Waals surface area contributed by atoms with Crippen molar-refractivity contribution in [2.24, 2.45) is 5.92 Å². The Balaban J connectivity index is 2.35. The van der Waals surface area contributed by atoms with Crippen LogP contribution in [0.5, 0.6) is 0 Å². The third-order valence-corrected chi connectivity index (χ3v) is 6.29. The summed E-state index contributed by atoms with van der Waals surface area (Å²) in [6.45, 7) is 3.34. The summed E-state index contributed by atoms with van der Waals surface area (Å²) in [6.07, 6.45) is 0.0196. The Kier molecular flexibility index (Phi) is 8.84. The molecule has 0 heterocycles. The van der Waals surface area contributed by atoms with Crippen LogP contribution in [0.3, 0.4) is 0 Å². The molecule has 2 aromatic carbocycles. The molecule has 0 bridgehead atoms. The van der Waals surface area contributed by atoms with Gasteiger partial charge < -0.3 is 5.32 Å². The van der Waals surface area contributed by atoms with Gasteiger partial charge in [0.15, 0.2) is 0 Å². The summed E-state index contributed by atoms with van der Waals surface area (Å²) in [5.41, 5.74) is 2.20. The van der Waals surface area contributed by atoms with Crippen molar-refractivity contribution in [3.63, 3.8) is 0 Å². The van der Waals surface area contributed by atoms with Crippen LogP contribution in [-0.2, 0) is 26.0 Å². The van der Waals surface area contributed by atoms with Crippen molar-refractivity contribution in [3.05, 3.63) is 64.1 Å². The van der Waals surface area contributed by atoms with Gasteiger partial charge in [0.2, 0.25) is 15.9 Å². The lowest BCUT2D eigenvalue weighted by molar-refractivity contribution is -0.136. The van der Waals surface area contributed by atoms with Crippen LogP contribution in [0.15, 0.2) is 53.4 Å². The molecule has 0 fully saturated rings. The number of rotatable bonds is 9. The summed E-state index contributed by atoms with van der Waals surface area (Å²) in [5, 5.41) is 11.7. The highest BCUT2D eigenvalue weighted by molar-refractivity contribution is 7.89. The van der Waals surface area contributed by atoms with Crippen molar-refractivity contribution in [1.82, 2.24) is 15.5 Å². The van der Waals surface area contributed by atoms with Crippen molar-refractivity contribution in [2.75, 3.05) is 0 Å². The van der Waals surface area contributed by atoms with E-state index in [1.165, 1.54) is 23.7 Å². The SMILES string of the molecule is CC(C)[C@H](NC(=O)[C@H](Cc1ccccc1)NS(=O)(=O)c1cc(Cl)cc(Cl)c1)C(=O)NO. The highest BCUT2D eigenvalue weighted by Crippen LogP contribution is 2.22. The first-order valence-corrected chi connectivity index (χ1v) is 11.5. The number of carbonyl (C=O) groups excluding carboxylic acids is 2. The second kappa shape index (κ2) is 10.9. The molecular formula is C20H23Cl2N3O5S. The zero-order valence-corrected chi connectivity index (χ0v) is 19.1. The molecule has 2 atom stereocenters. The van der Waals surface area contributed by atoms with Crippen molar-refractivity contribution in [3.8, 4) is 0 Å². The summed E-state index contributed by atoms with van der Waals surface area (Å²) in [5.74, 6) is -1.91. The molecule has 31 heavy (non-hydrogen) atoms. The molecule has 11 heteroatoms. The number of benzene rings is 2. The number of sulfonamides is 1. The summed E-state index contributed by atoms with van der Waals surface area (Å²) < 4.78 is 28.2. The van der Waals surface area contributed by atoms with E-state index in [1.807, 2.05) is 0 Å². The quantitative estimate of drug-likeness (QED) is 0.319. The third-order valence-electron chi connectivity index (χ3n) is 4.40. The fourth-order valence-electron chi connectivity index (χ4n) is 2.84. The number of amides is 2. The first-order valence-electron chi connectivity index (χ1n) is 9.30. The van der Waals surface area contributed by atoms with Crippen molar-refractivity contribution >= 4 is 45.0 Å². The van der Waals surface area contributed by atoms with Crippen LogP contribution in [0, 0.1) is 5.92 Å². The zero-order valence-electron chi connectivity index (χ0n) is 16.8. The van der Waals surface area contributed by atoms with Gasteiger partial charge in [-0.25, -0.2) is 13.9 Å². The van der Waals surface area contributed by atoms with Crippen molar-refractivity contribution in [1.29, 1.82) is 0 Å². The average molecular weight is 488 g/mol. The number of hydroxylamine groups is 1. The first-order chi connectivity index (χ1) is 14.5. The third kappa shape index (κ3) is 7.19. The van der Waals surface area contributed by atoms with E-state index in [4.69, 9.17) is 28.4 Å². The van der Waals surface area contributed by atoms with Crippen LogP contribution >= 0.6 is 23.2 Å². The van der Waals surface area contributed by atoms with Gasteiger partial charge in [0.1, 0.15) is 12.1 Å². The van der Waals surface area contributed by atoms with Crippen LogP contribution in [0.1, 0.15) is 19.4 Å². The zero-order chi connectivity index (χ0) is 23.2. The Hall–Kier alpha value is -2.17.